The van der Waals surface area contributed by atoms with Crippen molar-refractivity contribution in [2.45, 2.75) is 4.90 Å². The van der Waals surface area contributed by atoms with Gasteiger partial charge in [-0.1, -0.05) is 6.07 Å². The number of anilines is 1. The van der Waals surface area contributed by atoms with E-state index in [2.05, 4.69) is 10.1 Å². The van der Waals surface area contributed by atoms with Gasteiger partial charge in [0.1, 0.15) is 17.6 Å². The Morgan fingerprint density at radius 2 is 2.06 bits per heavy atom. The van der Waals surface area contributed by atoms with Gasteiger partial charge in [0.25, 0.3) is 0 Å². The van der Waals surface area contributed by atoms with Crippen LogP contribution in [-0.4, -0.2) is 41.6 Å². The molecule has 7 nitrogen and oxygen atoms in total. The Bertz CT molecular complexity index is 649. The predicted molar refractivity (Wildman–Crippen MR) is 66.6 cm³/mol. The summed E-state index contributed by atoms with van der Waals surface area (Å²) in [6.07, 6.45) is 2.81. The zero-order valence-corrected chi connectivity index (χ0v) is 10.8. The summed E-state index contributed by atoms with van der Waals surface area (Å²) in [5.41, 5.74) is 6.54. The molecule has 0 fully saturated rings. The van der Waals surface area contributed by atoms with Crippen LogP contribution in [0.5, 0.6) is 0 Å². The van der Waals surface area contributed by atoms with Crippen LogP contribution in [0.4, 0.5) is 5.69 Å². The number of aromatic nitrogens is 3. The molecule has 0 unspecified atom stereocenters. The third-order valence-electron chi connectivity index (χ3n) is 2.47. The van der Waals surface area contributed by atoms with Crippen molar-refractivity contribution in [1.82, 2.24) is 19.1 Å². The standard InChI is InChI=1S/C10H13N5O2S/c1-14(2)18(16,17)9-5-3-4-8(10(9)11)15-7-12-6-13-15/h3-7H,11H2,1-2H3. The van der Waals surface area contributed by atoms with Crippen LogP contribution >= 0.6 is 0 Å². The van der Waals surface area contributed by atoms with Crippen LogP contribution in [0.15, 0.2) is 35.7 Å². The molecule has 1 heterocycles. The SMILES string of the molecule is CN(C)S(=O)(=O)c1cccc(-n2cncn2)c1N. The summed E-state index contributed by atoms with van der Waals surface area (Å²) in [5, 5.41) is 3.93. The average molecular weight is 267 g/mol. The topological polar surface area (TPSA) is 94.1 Å². The van der Waals surface area contributed by atoms with E-state index in [0.717, 1.165) is 4.31 Å². The minimum absolute atomic E-state index is 0.0560. The van der Waals surface area contributed by atoms with Gasteiger partial charge in [-0.3, -0.25) is 0 Å². The summed E-state index contributed by atoms with van der Waals surface area (Å²) in [6, 6.07) is 4.76. The number of rotatable bonds is 3. The fourth-order valence-electron chi connectivity index (χ4n) is 1.49. The molecule has 1 aromatic heterocycles. The molecule has 0 aliphatic rings. The van der Waals surface area contributed by atoms with Gasteiger partial charge in [-0.05, 0) is 12.1 Å². The largest absolute Gasteiger partial charge is 0.396 e. The summed E-state index contributed by atoms with van der Waals surface area (Å²) in [6.45, 7) is 0. The quantitative estimate of drug-likeness (QED) is 0.796. The van der Waals surface area contributed by atoms with Crippen molar-refractivity contribution in [2.75, 3.05) is 19.8 Å². The van der Waals surface area contributed by atoms with Crippen LogP contribution in [-0.2, 0) is 10.0 Å². The first kappa shape index (κ1) is 12.5. The lowest BCUT2D eigenvalue weighted by molar-refractivity contribution is 0.521. The molecule has 2 rings (SSSR count). The highest BCUT2D eigenvalue weighted by atomic mass is 32.2. The smallest absolute Gasteiger partial charge is 0.244 e. The number of nitrogen functional groups attached to an aromatic ring is 1. The lowest BCUT2D eigenvalue weighted by Crippen LogP contribution is -2.23. The Hall–Kier alpha value is -1.93. The number of sulfonamides is 1. The van der Waals surface area contributed by atoms with Gasteiger partial charge in [-0.2, -0.15) is 5.10 Å². The van der Waals surface area contributed by atoms with Crippen LogP contribution in [0, 0.1) is 0 Å². The number of hydrogen-bond donors (Lipinski definition) is 1. The zero-order chi connectivity index (χ0) is 13.3. The molecular weight excluding hydrogens is 254 g/mol. The highest BCUT2D eigenvalue weighted by Gasteiger charge is 2.22. The molecular formula is C10H13N5O2S. The van der Waals surface area contributed by atoms with E-state index in [4.69, 9.17) is 5.73 Å². The van der Waals surface area contributed by atoms with E-state index in [-0.39, 0.29) is 10.6 Å². The zero-order valence-electron chi connectivity index (χ0n) is 9.98. The Labute approximate surface area is 105 Å². The second-order valence-corrected chi connectivity index (χ2v) is 5.94. The molecule has 8 heteroatoms. The van der Waals surface area contributed by atoms with Gasteiger partial charge in [-0.25, -0.2) is 22.4 Å². The van der Waals surface area contributed by atoms with Crippen LogP contribution in [0.2, 0.25) is 0 Å². The second kappa shape index (κ2) is 4.39. The van der Waals surface area contributed by atoms with Crippen LogP contribution in [0.25, 0.3) is 5.69 Å². The van der Waals surface area contributed by atoms with Crippen molar-refractivity contribution in [3.05, 3.63) is 30.9 Å². The van der Waals surface area contributed by atoms with E-state index in [1.165, 1.54) is 37.5 Å². The molecule has 0 spiro atoms. The van der Waals surface area contributed by atoms with Gasteiger partial charge in [0.2, 0.25) is 10.0 Å². The molecule has 0 bridgehead atoms. The van der Waals surface area contributed by atoms with Crippen LogP contribution < -0.4 is 5.73 Å². The third kappa shape index (κ3) is 1.95. The third-order valence-corrected chi connectivity index (χ3v) is 4.34. The lowest BCUT2D eigenvalue weighted by Gasteiger charge is -2.15. The van der Waals surface area contributed by atoms with Crippen molar-refractivity contribution < 1.29 is 8.42 Å². The van der Waals surface area contributed by atoms with Crippen molar-refractivity contribution in [2.24, 2.45) is 0 Å². The molecule has 18 heavy (non-hydrogen) atoms. The maximum absolute atomic E-state index is 12.1. The van der Waals surface area contributed by atoms with Gasteiger partial charge in [0.15, 0.2) is 0 Å². The molecule has 1 aromatic carbocycles. The van der Waals surface area contributed by atoms with E-state index < -0.39 is 10.0 Å². The molecule has 0 aliphatic carbocycles. The number of hydrogen-bond acceptors (Lipinski definition) is 5. The summed E-state index contributed by atoms with van der Waals surface area (Å²) in [7, 11) is -0.664. The van der Waals surface area contributed by atoms with Gasteiger partial charge >= 0.3 is 0 Å². The van der Waals surface area contributed by atoms with E-state index in [0.29, 0.717) is 5.69 Å². The first-order valence-corrected chi connectivity index (χ1v) is 6.54. The van der Waals surface area contributed by atoms with Crippen LogP contribution in [0.1, 0.15) is 0 Å². The number of para-hydroxylation sites is 1. The van der Waals surface area contributed by atoms with Crippen molar-refractivity contribution in [3.63, 3.8) is 0 Å². The molecule has 0 saturated carbocycles. The maximum atomic E-state index is 12.1. The monoisotopic (exact) mass is 267 g/mol. The molecule has 0 saturated heterocycles. The van der Waals surface area contributed by atoms with Gasteiger partial charge in [0.05, 0.1) is 11.4 Å². The van der Waals surface area contributed by atoms with Gasteiger partial charge < -0.3 is 5.73 Å². The highest BCUT2D eigenvalue weighted by Crippen LogP contribution is 2.26. The second-order valence-electron chi connectivity index (χ2n) is 3.82. The average Bonchev–Trinajstić information content (AvgIpc) is 2.82. The summed E-state index contributed by atoms with van der Waals surface area (Å²) >= 11 is 0. The number of nitrogens with zero attached hydrogens (tertiary/aromatic N) is 4. The van der Waals surface area contributed by atoms with Gasteiger partial charge in [0, 0.05) is 14.1 Å². The van der Waals surface area contributed by atoms with E-state index in [1.54, 1.807) is 12.1 Å². The summed E-state index contributed by atoms with van der Waals surface area (Å²) in [5.74, 6) is 0. The van der Waals surface area contributed by atoms with Crippen molar-refractivity contribution >= 4 is 15.7 Å². The van der Waals surface area contributed by atoms with Crippen LogP contribution in [0.3, 0.4) is 0 Å². The Kier molecular flexibility index (Phi) is 3.05. The fraction of sp³-hybridized carbons (Fsp3) is 0.200. The normalized spacial score (nSPS) is 11.9. The van der Waals surface area contributed by atoms with E-state index in [1.807, 2.05) is 0 Å². The number of benzene rings is 1. The molecule has 0 amide bonds. The highest BCUT2D eigenvalue weighted by molar-refractivity contribution is 7.89. The summed E-state index contributed by atoms with van der Waals surface area (Å²) < 4.78 is 26.7. The van der Waals surface area contributed by atoms with Gasteiger partial charge in [-0.15, -0.1) is 0 Å². The first-order chi connectivity index (χ1) is 8.44. The Balaban J connectivity index is 2.64. The van der Waals surface area contributed by atoms with Crippen molar-refractivity contribution in [3.8, 4) is 5.69 Å². The Morgan fingerprint density at radius 1 is 1.33 bits per heavy atom. The molecule has 0 radical (unpaired) electrons. The van der Waals surface area contributed by atoms with Crippen molar-refractivity contribution in [1.29, 1.82) is 0 Å². The van der Waals surface area contributed by atoms with E-state index in [9.17, 15) is 8.42 Å². The maximum Gasteiger partial charge on any atom is 0.244 e. The predicted octanol–water partition coefficient (Wildman–Crippen LogP) is 0.0998. The first-order valence-electron chi connectivity index (χ1n) is 5.10. The molecule has 0 atom stereocenters. The molecule has 0 aliphatic heterocycles. The summed E-state index contributed by atoms with van der Waals surface area (Å²) in [4.78, 5) is 3.86. The Morgan fingerprint density at radius 3 is 2.61 bits per heavy atom. The molecule has 96 valence electrons. The lowest BCUT2D eigenvalue weighted by atomic mass is 10.3. The fourth-order valence-corrected chi connectivity index (χ4v) is 2.51. The molecule has 2 N–H and O–H groups in total. The number of nitrogens with two attached hydrogens (primary N) is 1. The molecule has 2 aromatic rings. The van der Waals surface area contributed by atoms with E-state index >= 15 is 0 Å². The minimum Gasteiger partial charge on any atom is -0.396 e. The minimum atomic E-state index is -3.57.